The first-order chi connectivity index (χ1) is 14.8. The molecule has 0 saturated heterocycles. The summed E-state index contributed by atoms with van der Waals surface area (Å²) in [5, 5.41) is 5.28. The van der Waals surface area contributed by atoms with Crippen LogP contribution >= 0.6 is 0 Å². The Hall–Kier alpha value is -4.09. The summed E-state index contributed by atoms with van der Waals surface area (Å²) in [4.78, 5) is 54.2. The number of allylic oxidation sites excluding steroid dienone is 1. The molecule has 1 unspecified atom stereocenters. The lowest BCUT2D eigenvalue weighted by Gasteiger charge is -2.28. The molecule has 0 saturated carbocycles. The van der Waals surface area contributed by atoms with E-state index in [1.807, 2.05) is 0 Å². The molecule has 2 amide bonds. The van der Waals surface area contributed by atoms with Crippen LogP contribution in [-0.2, 0) is 30.2 Å². The maximum absolute atomic E-state index is 12.8. The number of ether oxygens (including phenoxy) is 1. The van der Waals surface area contributed by atoms with Crippen molar-refractivity contribution >= 4 is 23.2 Å². The fourth-order valence-corrected chi connectivity index (χ4v) is 3.55. The zero-order valence-electron chi connectivity index (χ0n) is 17.0. The van der Waals surface area contributed by atoms with E-state index in [0.29, 0.717) is 5.76 Å². The average Bonchev–Trinajstić information content (AvgIpc) is 3.41. The van der Waals surface area contributed by atoms with E-state index in [1.54, 1.807) is 19.1 Å². The zero-order valence-corrected chi connectivity index (χ0v) is 17.0. The van der Waals surface area contributed by atoms with Gasteiger partial charge in [-0.25, -0.2) is 19.4 Å². The summed E-state index contributed by atoms with van der Waals surface area (Å²) in [5.41, 5.74) is -0.352. The maximum Gasteiger partial charge on any atom is 0.338 e. The largest absolute Gasteiger partial charge is 0.467 e. The Labute approximate surface area is 174 Å². The number of nitrogens with zero attached hydrogens (tertiary/aromatic N) is 4. The van der Waals surface area contributed by atoms with Crippen molar-refractivity contribution in [1.29, 1.82) is 0 Å². The molecule has 1 aliphatic rings. The monoisotopic (exact) mass is 428 g/mol. The highest BCUT2D eigenvalue weighted by Gasteiger charge is 2.35. The molecule has 0 bridgehead atoms. The number of fused-ring (bicyclic) bond motifs is 1. The maximum atomic E-state index is 12.8. The topological polar surface area (TPSA) is 142 Å². The standard InChI is InChI=1S/C19H20N6O6/c1-4-30-17(27)12-10(21-18(28)22-13(12)11-6-5-7-31-11)8-25-9-20-15-14(25)16(26)24(3)19(29)23(15)2/h5-7,9,13H,4,8H2,1-3H3,(H2,21,22,28). The Bertz CT molecular complexity index is 1330. The van der Waals surface area contributed by atoms with E-state index < -0.39 is 29.3 Å². The number of imidazole rings is 1. The number of furan rings is 1. The van der Waals surface area contributed by atoms with Crippen LogP contribution in [0.3, 0.4) is 0 Å². The van der Waals surface area contributed by atoms with Crippen molar-refractivity contribution in [2.45, 2.75) is 19.5 Å². The molecule has 12 heteroatoms. The molecule has 12 nitrogen and oxygen atoms in total. The zero-order chi connectivity index (χ0) is 22.3. The van der Waals surface area contributed by atoms with Crippen LogP contribution in [0.25, 0.3) is 11.2 Å². The van der Waals surface area contributed by atoms with E-state index in [0.717, 1.165) is 4.57 Å². The number of hydrogen-bond acceptors (Lipinski definition) is 7. The highest BCUT2D eigenvalue weighted by atomic mass is 16.5. The van der Waals surface area contributed by atoms with Gasteiger partial charge in [-0.15, -0.1) is 0 Å². The number of aromatic nitrogens is 4. The predicted molar refractivity (Wildman–Crippen MR) is 107 cm³/mol. The van der Waals surface area contributed by atoms with Gasteiger partial charge in [-0.05, 0) is 19.1 Å². The molecular weight excluding hydrogens is 408 g/mol. The number of carbonyl (C=O) groups is 2. The molecule has 31 heavy (non-hydrogen) atoms. The minimum Gasteiger partial charge on any atom is -0.467 e. The summed E-state index contributed by atoms with van der Waals surface area (Å²) < 4.78 is 14.3. The summed E-state index contributed by atoms with van der Waals surface area (Å²) in [6, 6.07) is 1.85. The van der Waals surface area contributed by atoms with Crippen LogP contribution in [0.1, 0.15) is 18.7 Å². The number of esters is 1. The summed E-state index contributed by atoms with van der Waals surface area (Å²) in [6.07, 6.45) is 2.80. The molecule has 1 aliphatic heterocycles. The lowest BCUT2D eigenvalue weighted by molar-refractivity contribution is -0.139. The van der Waals surface area contributed by atoms with E-state index in [1.165, 1.54) is 35.8 Å². The van der Waals surface area contributed by atoms with Crippen LogP contribution in [0.15, 0.2) is 50.0 Å². The van der Waals surface area contributed by atoms with Crippen molar-refractivity contribution in [2.75, 3.05) is 6.61 Å². The fraction of sp³-hybridized carbons (Fsp3) is 0.316. The van der Waals surface area contributed by atoms with E-state index >= 15 is 0 Å². The van der Waals surface area contributed by atoms with Crippen LogP contribution < -0.4 is 21.9 Å². The van der Waals surface area contributed by atoms with Crippen LogP contribution in [0.4, 0.5) is 4.79 Å². The van der Waals surface area contributed by atoms with Crippen molar-refractivity contribution in [3.63, 3.8) is 0 Å². The van der Waals surface area contributed by atoms with Crippen molar-refractivity contribution < 1.29 is 18.7 Å². The lowest BCUT2D eigenvalue weighted by Crippen LogP contribution is -2.47. The van der Waals surface area contributed by atoms with Gasteiger partial charge in [0.25, 0.3) is 5.56 Å². The van der Waals surface area contributed by atoms with Gasteiger partial charge in [0.1, 0.15) is 11.8 Å². The molecule has 0 spiro atoms. The first kappa shape index (κ1) is 20.2. The second-order valence-electron chi connectivity index (χ2n) is 6.91. The molecule has 3 aromatic rings. The van der Waals surface area contributed by atoms with Gasteiger partial charge < -0.3 is 24.4 Å². The number of carbonyl (C=O) groups excluding carboxylic acids is 2. The van der Waals surface area contributed by atoms with Crippen LogP contribution in [0, 0.1) is 0 Å². The molecule has 1 atom stereocenters. The minimum absolute atomic E-state index is 0.0667. The summed E-state index contributed by atoms with van der Waals surface area (Å²) >= 11 is 0. The Kier molecular flexibility index (Phi) is 4.97. The molecule has 162 valence electrons. The first-order valence-corrected chi connectivity index (χ1v) is 9.45. The third-order valence-corrected chi connectivity index (χ3v) is 5.02. The predicted octanol–water partition coefficient (Wildman–Crippen LogP) is -0.102. The number of amides is 2. The van der Waals surface area contributed by atoms with Gasteiger partial charge in [0, 0.05) is 14.1 Å². The highest BCUT2D eigenvalue weighted by Crippen LogP contribution is 2.29. The van der Waals surface area contributed by atoms with E-state index in [4.69, 9.17) is 9.15 Å². The molecule has 0 aromatic carbocycles. The third-order valence-electron chi connectivity index (χ3n) is 5.02. The molecule has 0 fully saturated rings. The van der Waals surface area contributed by atoms with E-state index in [2.05, 4.69) is 15.6 Å². The van der Waals surface area contributed by atoms with E-state index in [-0.39, 0.29) is 35.6 Å². The minimum atomic E-state index is -0.875. The molecule has 4 heterocycles. The molecular formula is C19H20N6O6. The SMILES string of the molecule is CCOC(=O)C1=C(Cn2cnc3c2c(=O)n(C)c(=O)n3C)NC(=O)NC1c1ccco1. The second-order valence-corrected chi connectivity index (χ2v) is 6.91. The van der Waals surface area contributed by atoms with Gasteiger partial charge in [-0.3, -0.25) is 13.9 Å². The summed E-state index contributed by atoms with van der Waals surface area (Å²) in [6.45, 7) is 1.73. The van der Waals surface area contributed by atoms with E-state index in [9.17, 15) is 19.2 Å². The third kappa shape index (κ3) is 3.31. The number of hydrogen-bond donors (Lipinski definition) is 2. The summed E-state index contributed by atoms with van der Waals surface area (Å²) in [5.74, 6) is -0.291. The Balaban J connectivity index is 1.89. The number of rotatable bonds is 5. The number of nitrogens with one attached hydrogen (secondary N) is 2. The van der Waals surface area contributed by atoms with Crippen LogP contribution in [0.5, 0.6) is 0 Å². The lowest BCUT2D eigenvalue weighted by atomic mass is 10.00. The van der Waals surface area contributed by atoms with Gasteiger partial charge in [-0.1, -0.05) is 0 Å². The highest BCUT2D eigenvalue weighted by molar-refractivity contribution is 5.95. The molecule has 0 aliphatic carbocycles. The van der Waals surface area contributed by atoms with Gasteiger partial charge in [0.2, 0.25) is 0 Å². The molecule has 2 N–H and O–H groups in total. The van der Waals surface area contributed by atoms with Gasteiger partial charge >= 0.3 is 17.7 Å². The van der Waals surface area contributed by atoms with Crippen molar-refractivity contribution in [3.05, 3.63) is 62.6 Å². The van der Waals surface area contributed by atoms with Gasteiger partial charge in [0.15, 0.2) is 11.2 Å². The second kappa shape index (κ2) is 7.63. The van der Waals surface area contributed by atoms with Gasteiger partial charge in [0.05, 0.1) is 37.0 Å². The van der Waals surface area contributed by atoms with Crippen molar-refractivity contribution in [1.82, 2.24) is 29.3 Å². The Morgan fingerprint density at radius 1 is 1.26 bits per heavy atom. The molecule has 3 aromatic heterocycles. The molecule has 4 rings (SSSR count). The number of aryl methyl sites for hydroxylation is 1. The van der Waals surface area contributed by atoms with Crippen molar-refractivity contribution in [3.8, 4) is 0 Å². The Morgan fingerprint density at radius 3 is 2.71 bits per heavy atom. The smallest absolute Gasteiger partial charge is 0.338 e. The quantitative estimate of drug-likeness (QED) is 0.540. The molecule has 0 radical (unpaired) electrons. The van der Waals surface area contributed by atoms with Crippen molar-refractivity contribution in [2.24, 2.45) is 14.1 Å². The fourth-order valence-electron chi connectivity index (χ4n) is 3.55. The van der Waals surface area contributed by atoms with Gasteiger partial charge in [-0.2, -0.15) is 0 Å². The van der Waals surface area contributed by atoms with Crippen LogP contribution in [-0.4, -0.2) is 37.3 Å². The average molecular weight is 428 g/mol. The summed E-state index contributed by atoms with van der Waals surface area (Å²) in [7, 11) is 2.87. The Morgan fingerprint density at radius 2 is 2.03 bits per heavy atom. The van der Waals surface area contributed by atoms with Crippen LogP contribution in [0.2, 0.25) is 0 Å². The number of urea groups is 1. The first-order valence-electron chi connectivity index (χ1n) is 9.45. The normalized spacial score (nSPS) is 16.4.